The lowest BCUT2D eigenvalue weighted by atomic mass is 9.98. The van der Waals surface area contributed by atoms with E-state index in [4.69, 9.17) is 10.0 Å². The zero-order valence-electron chi connectivity index (χ0n) is 16.3. The number of carbonyl (C=O) groups is 1. The minimum Gasteiger partial charge on any atom is -0.392 e. The van der Waals surface area contributed by atoms with Gasteiger partial charge in [-0.3, -0.25) is 19.2 Å². The fourth-order valence-electron chi connectivity index (χ4n) is 3.35. The average molecular weight is 419 g/mol. The van der Waals surface area contributed by atoms with Gasteiger partial charge in [0.25, 0.3) is 5.91 Å². The number of nitrogens with zero attached hydrogens (tertiary/aromatic N) is 2. The molecule has 0 saturated heterocycles. The number of aromatic nitrogens is 1. The van der Waals surface area contributed by atoms with Gasteiger partial charge in [-0.25, -0.2) is 9.87 Å². The molecular weight excluding hydrogens is 397 g/mol. The molecule has 0 saturated carbocycles. The Morgan fingerprint density at radius 2 is 2.00 bits per heavy atom. The number of hydroxylamine groups is 1. The van der Waals surface area contributed by atoms with Crippen LogP contribution in [0.2, 0.25) is 0 Å². The fourth-order valence-corrected chi connectivity index (χ4v) is 4.19. The molecule has 7 nitrogen and oxygen atoms in total. The first-order valence-corrected chi connectivity index (χ1v) is 10.6. The number of aryl methyl sites for hydroxylation is 2. The second-order valence-corrected chi connectivity index (χ2v) is 8.57. The monoisotopic (exact) mass is 419 g/mol. The van der Waals surface area contributed by atoms with Crippen molar-refractivity contribution in [3.63, 3.8) is 0 Å². The predicted molar refractivity (Wildman–Crippen MR) is 108 cm³/mol. The van der Waals surface area contributed by atoms with Crippen molar-refractivity contribution in [3.05, 3.63) is 53.1 Å². The van der Waals surface area contributed by atoms with Gasteiger partial charge in [0.05, 0.1) is 5.71 Å². The van der Waals surface area contributed by atoms with E-state index in [0.29, 0.717) is 23.3 Å². The maximum absolute atomic E-state index is 14.8. The molecule has 1 amide bonds. The van der Waals surface area contributed by atoms with Gasteiger partial charge in [0, 0.05) is 52.4 Å². The van der Waals surface area contributed by atoms with E-state index in [2.05, 4.69) is 10.1 Å². The Bertz CT molecular complexity index is 975. The van der Waals surface area contributed by atoms with Gasteiger partial charge in [-0.1, -0.05) is 17.3 Å². The summed E-state index contributed by atoms with van der Waals surface area (Å²) in [6.07, 6.45) is 1.37. The largest absolute Gasteiger partial charge is 0.392 e. The number of hydrogen-bond donors (Lipinski definition) is 2. The Labute approximate surface area is 170 Å². The lowest BCUT2D eigenvalue weighted by molar-refractivity contribution is -0.129. The number of benzene rings is 1. The first-order valence-electron chi connectivity index (χ1n) is 9.03. The number of amides is 1. The third-order valence-electron chi connectivity index (χ3n) is 4.71. The van der Waals surface area contributed by atoms with Crippen LogP contribution in [0.5, 0.6) is 0 Å². The number of nitrogens with one attached hydrogen (secondary N) is 1. The zero-order chi connectivity index (χ0) is 21.1. The molecule has 1 aromatic carbocycles. The predicted octanol–water partition coefficient (Wildman–Crippen LogP) is 2.64. The number of hydrogen-bond acceptors (Lipinski definition) is 6. The van der Waals surface area contributed by atoms with Gasteiger partial charge in [-0.05, 0) is 37.6 Å². The van der Waals surface area contributed by atoms with Crippen molar-refractivity contribution in [2.75, 3.05) is 6.26 Å². The topological polar surface area (TPSA) is 101 Å². The van der Waals surface area contributed by atoms with Crippen LogP contribution in [0.3, 0.4) is 0 Å². The Morgan fingerprint density at radius 1 is 1.31 bits per heavy atom. The van der Waals surface area contributed by atoms with Crippen molar-refractivity contribution >= 4 is 22.4 Å². The van der Waals surface area contributed by atoms with E-state index in [0.717, 1.165) is 17.0 Å². The summed E-state index contributed by atoms with van der Waals surface area (Å²) < 4.78 is 26.5. The van der Waals surface area contributed by atoms with E-state index >= 15 is 0 Å². The van der Waals surface area contributed by atoms with Crippen LogP contribution in [0.4, 0.5) is 4.39 Å². The highest BCUT2D eigenvalue weighted by atomic mass is 32.2. The molecule has 2 heterocycles. The highest BCUT2D eigenvalue weighted by molar-refractivity contribution is 7.85. The Morgan fingerprint density at radius 3 is 2.59 bits per heavy atom. The summed E-state index contributed by atoms with van der Waals surface area (Å²) in [6, 6.07) is 8.52. The van der Waals surface area contributed by atoms with Crippen molar-refractivity contribution in [1.29, 1.82) is 0 Å². The quantitative estimate of drug-likeness (QED) is 0.554. The molecule has 3 rings (SSSR count). The van der Waals surface area contributed by atoms with Gasteiger partial charge in [0.2, 0.25) is 0 Å². The molecule has 0 spiro atoms. The maximum Gasteiger partial charge on any atom is 0.259 e. The van der Waals surface area contributed by atoms with Gasteiger partial charge in [-0.2, -0.15) is 0 Å². The molecule has 154 valence electrons. The van der Waals surface area contributed by atoms with E-state index in [-0.39, 0.29) is 12.2 Å². The Balaban J connectivity index is 1.75. The molecule has 0 bridgehead atoms. The fraction of sp³-hybridized carbons (Fsp3) is 0.350. The van der Waals surface area contributed by atoms with Crippen LogP contribution < -0.4 is 5.48 Å². The summed E-state index contributed by atoms with van der Waals surface area (Å²) >= 11 is 0. The zero-order valence-corrected chi connectivity index (χ0v) is 17.1. The first-order chi connectivity index (χ1) is 13.8. The summed E-state index contributed by atoms with van der Waals surface area (Å²) in [4.78, 5) is 21.3. The standard InChI is InChI=1S/C20H22FN3O4S/c1-11-6-14(7-12(2)22-11)16-5-4-13(8-17(16)21)18-9-15(28-24-18)10-19(29(3)27)20(25)23-26/h4-8,15,19,26H,9-10H2,1-3H3,(H,23,25). The summed E-state index contributed by atoms with van der Waals surface area (Å²) in [5, 5.41) is 11.9. The van der Waals surface area contributed by atoms with Crippen molar-refractivity contribution < 1.29 is 23.4 Å². The molecular formula is C20H22FN3O4S. The summed E-state index contributed by atoms with van der Waals surface area (Å²) in [5.74, 6) is -1.12. The van der Waals surface area contributed by atoms with Crippen molar-refractivity contribution in [1.82, 2.24) is 10.5 Å². The van der Waals surface area contributed by atoms with Gasteiger partial charge >= 0.3 is 0 Å². The van der Waals surface area contributed by atoms with E-state index in [1.165, 1.54) is 17.8 Å². The summed E-state index contributed by atoms with van der Waals surface area (Å²) in [5.41, 5.74) is 5.51. The highest BCUT2D eigenvalue weighted by Crippen LogP contribution is 2.27. The highest BCUT2D eigenvalue weighted by Gasteiger charge is 2.31. The average Bonchev–Trinajstić information content (AvgIpc) is 3.13. The lowest BCUT2D eigenvalue weighted by Gasteiger charge is -2.15. The molecule has 0 radical (unpaired) electrons. The molecule has 3 atom stereocenters. The number of halogens is 1. The molecule has 1 aliphatic heterocycles. The van der Waals surface area contributed by atoms with E-state index in [9.17, 15) is 13.4 Å². The first kappa shape index (κ1) is 21.1. The molecule has 9 heteroatoms. The molecule has 29 heavy (non-hydrogen) atoms. The van der Waals surface area contributed by atoms with Gasteiger partial charge in [0.1, 0.15) is 17.2 Å². The molecule has 2 N–H and O–H groups in total. The molecule has 0 aliphatic carbocycles. The van der Waals surface area contributed by atoms with E-state index in [1.807, 2.05) is 26.0 Å². The smallest absolute Gasteiger partial charge is 0.259 e. The Kier molecular flexibility index (Phi) is 6.39. The molecule has 1 aromatic heterocycles. The van der Waals surface area contributed by atoms with Crippen molar-refractivity contribution in [3.8, 4) is 11.1 Å². The van der Waals surface area contributed by atoms with E-state index in [1.54, 1.807) is 12.1 Å². The second kappa shape index (κ2) is 8.79. The molecule has 1 aliphatic rings. The molecule has 3 unspecified atom stereocenters. The van der Waals surface area contributed by atoms with Crippen LogP contribution in [0.1, 0.15) is 29.8 Å². The lowest BCUT2D eigenvalue weighted by Crippen LogP contribution is -2.37. The van der Waals surface area contributed by atoms with Crippen LogP contribution in [0.15, 0.2) is 35.5 Å². The SMILES string of the molecule is Cc1cc(-c2ccc(C3=NOC(CC(C(=O)NO)S(C)=O)C3)cc2F)cc(C)n1. The minimum absolute atomic E-state index is 0.124. The minimum atomic E-state index is -1.49. The van der Waals surface area contributed by atoms with Gasteiger partial charge in [0.15, 0.2) is 0 Å². The number of pyridine rings is 1. The van der Waals surface area contributed by atoms with E-state index < -0.39 is 28.1 Å². The van der Waals surface area contributed by atoms with Crippen LogP contribution in [-0.2, 0) is 20.4 Å². The summed E-state index contributed by atoms with van der Waals surface area (Å²) in [7, 11) is -1.49. The van der Waals surface area contributed by atoms with Crippen molar-refractivity contribution in [2.24, 2.45) is 5.16 Å². The van der Waals surface area contributed by atoms with Crippen LogP contribution in [0, 0.1) is 19.7 Å². The second-order valence-electron chi connectivity index (χ2n) is 7.00. The third kappa shape index (κ3) is 4.86. The van der Waals surface area contributed by atoms with Crippen molar-refractivity contribution in [2.45, 2.75) is 38.0 Å². The normalized spacial score (nSPS) is 18.0. The maximum atomic E-state index is 14.8. The molecule has 0 fully saturated rings. The third-order valence-corrected chi connectivity index (χ3v) is 5.92. The van der Waals surface area contributed by atoms with Gasteiger partial charge < -0.3 is 4.84 Å². The van der Waals surface area contributed by atoms with Gasteiger partial charge in [-0.15, -0.1) is 0 Å². The van der Waals surface area contributed by atoms with Crippen LogP contribution >= 0.6 is 0 Å². The number of oxime groups is 1. The molecule has 2 aromatic rings. The number of carbonyl (C=O) groups excluding carboxylic acids is 1. The van der Waals surface area contributed by atoms with Crippen LogP contribution in [-0.4, -0.2) is 43.6 Å². The Hall–Kier alpha value is -2.65. The summed E-state index contributed by atoms with van der Waals surface area (Å²) in [6.45, 7) is 3.72. The number of rotatable bonds is 6. The van der Waals surface area contributed by atoms with Crippen LogP contribution in [0.25, 0.3) is 11.1 Å².